The number of benzene rings is 1. The van der Waals surface area contributed by atoms with E-state index in [0.29, 0.717) is 0 Å². The molecule has 0 saturated heterocycles. The number of carboxylic acids is 1. The van der Waals surface area contributed by atoms with Crippen LogP contribution in [-0.2, 0) is 16.6 Å². The van der Waals surface area contributed by atoms with E-state index < -0.39 is 23.7 Å². The summed E-state index contributed by atoms with van der Waals surface area (Å²) in [5.41, 5.74) is -0.783. The van der Waals surface area contributed by atoms with E-state index in [1.165, 1.54) is 12.1 Å². The highest BCUT2D eigenvalue weighted by molar-refractivity contribution is 5.87. The van der Waals surface area contributed by atoms with Crippen LogP contribution in [0.2, 0.25) is 0 Å². The first-order chi connectivity index (χ1) is 7.44. The SMILES string of the molecule is CCc1ccc(C2(C(=O)O)CC2(F)F)cc1. The molecule has 1 N–H and O–H groups in total. The second-order valence-corrected chi connectivity index (χ2v) is 4.14. The van der Waals surface area contributed by atoms with Gasteiger partial charge < -0.3 is 5.11 Å². The molecule has 1 fully saturated rings. The van der Waals surface area contributed by atoms with Gasteiger partial charge in [-0.1, -0.05) is 31.2 Å². The van der Waals surface area contributed by atoms with Crippen LogP contribution in [-0.4, -0.2) is 17.0 Å². The Bertz CT molecular complexity index is 425. The molecule has 1 aliphatic carbocycles. The number of carboxylic acid groups (broad SMARTS) is 1. The van der Waals surface area contributed by atoms with Crippen molar-refractivity contribution in [1.82, 2.24) is 0 Å². The molecule has 2 nitrogen and oxygen atoms in total. The smallest absolute Gasteiger partial charge is 0.320 e. The van der Waals surface area contributed by atoms with E-state index in [-0.39, 0.29) is 5.56 Å². The Kier molecular flexibility index (Phi) is 2.26. The first kappa shape index (κ1) is 11.0. The van der Waals surface area contributed by atoms with Crippen molar-refractivity contribution >= 4 is 5.97 Å². The van der Waals surface area contributed by atoms with Gasteiger partial charge >= 0.3 is 5.97 Å². The largest absolute Gasteiger partial charge is 0.480 e. The molecule has 4 heteroatoms. The van der Waals surface area contributed by atoms with Crippen LogP contribution in [0.15, 0.2) is 24.3 Å². The fraction of sp³-hybridized carbons (Fsp3) is 0.417. The van der Waals surface area contributed by atoms with Crippen molar-refractivity contribution in [3.63, 3.8) is 0 Å². The molecule has 0 amide bonds. The lowest BCUT2D eigenvalue weighted by Gasteiger charge is -2.11. The molecule has 2 rings (SSSR count). The molecule has 0 aromatic heterocycles. The summed E-state index contributed by atoms with van der Waals surface area (Å²) >= 11 is 0. The van der Waals surface area contributed by atoms with Crippen LogP contribution >= 0.6 is 0 Å². The molecule has 0 spiro atoms. The normalized spacial score (nSPS) is 26.4. The number of carbonyl (C=O) groups is 1. The van der Waals surface area contributed by atoms with Gasteiger partial charge in [0.15, 0.2) is 5.41 Å². The Balaban J connectivity index is 2.39. The highest BCUT2D eigenvalue weighted by Crippen LogP contribution is 2.61. The number of hydrogen-bond donors (Lipinski definition) is 1. The van der Waals surface area contributed by atoms with E-state index in [2.05, 4.69) is 0 Å². The van der Waals surface area contributed by atoms with E-state index in [4.69, 9.17) is 5.11 Å². The zero-order valence-electron chi connectivity index (χ0n) is 8.84. The standard InChI is InChI=1S/C12H12F2O2/c1-2-8-3-5-9(6-4-8)11(10(15)16)7-12(11,13)14/h3-6H,2,7H2,1H3,(H,15,16). The van der Waals surface area contributed by atoms with Crippen LogP contribution in [0.3, 0.4) is 0 Å². The van der Waals surface area contributed by atoms with Gasteiger partial charge in [0.25, 0.3) is 5.92 Å². The molecule has 1 saturated carbocycles. The van der Waals surface area contributed by atoms with Crippen LogP contribution in [0.4, 0.5) is 8.78 Å². The molecule has 0 radical (unpaired) electrons. The van der Waals surface area contributed by atoms with Crippen LogP contribution in [0, 0.1) is 0 Å². The van der Waals surface area contributed by atoms with Crippen molar-refractivity contribution in [2.45, 2.75) is 31.1 Å². The average Bonchev–Trinajstić information content (AvgIpc) is 2.84. The third-order valence-electron chi connectivity index (χ3n) is 3.21. The fourth-order valence-corrected chi connectivity index (χ4v) is 1.98. The van der Waals surface area contributed by atoms with Crippen LogP contribution < -0.4 is 0 Å². The maximum atomic E-state index is 13.2. The Hall–Kier alpha value is -1.45. The number of rotatable bonds is 3. The maximum Gasteiger partial charge on any atom is 0.320 e. The summed E-state index contributed by atoms with van der Waals surface area (Å²) in [5, 5.41) is 8.94. The van der Waals surface area contributed by atoms with Gasteiger partial charge in [-0.05, 0) is 17.5 Å². The molecule has 0 heterocycles. The van der Waals surface area contributed by atoms with E-state index in [1.807, 2.05) is 6.92 Å². The van der Waals surface area contributed by atoms with Gasteiger partial charge in [-0.15, -0.1) is 0 Å². The number of halogens is 2. The first-order valence-electron chi connectivity index (χ1n) is 5.14. The van der Waals surface area contributed by atoms with Gasteiger partial charge in [-0.3, -0.25) is 4.79 Å². The van der Waals surface area contributed by atoms with Gasteiger partial charge in [0, 0.05) is 6.42 Å². The van der Waals surface area contributed by atoms with Crippen molar-refractivity contribution in [3.8, 4) is 0 Å². The monoisotopic (exact) mass is 226 g/mol. The summed E-state index contributed by atoms with van der Waals surface area (Å²) < 4.78 is 26.4. The van der Waals surface area contributed by atoms with E-state index in [0.717, 1.165) is 12.0 Å². The lowest BCUT2D eigenvalue weighted by atomic mass is 9.94. The van der Waals surface area contributed by atoms with E-state index >= 15 is 0 Å². The highest BCUT2D eigenvalue weighted by atomic mass is 19.3. The minimum atomic E-state index is -3.12. The van der Waals surface area contributed by atoms with Gasteiger partial charge in [0.2, 0.25) is 0 Å². The average molecular weight is 226 g/mol. The number of aliphatic carboxylic acids is 1. The molecule has 1 atom stereocenters. The second-order valence-electron chi connectivity index (χ2n) is 4.14. The Labute approximate surface area is 91.9 Å². The van der Waals surface area contributed by atoms with Gasteiger partial charge in [0.1, 0.15) is 0 Å². The molecule has 1 aromatic rings. The van der Waals surface area contributed by atoms with E-state index in [1.54, 1.807) is 12.1 Å². The van der Waals surface area contributed by atoms with Gasteiger partial charge in [-0.2, -0.15) is 0 Å². The van der Waals surface area contributed by atoms with Crippen molar-refractivity contribution in [2.24, 2.45) is 0 Å². The Morgan fingerprint density at radius 3 is 2.19 bits per heavy atom. The summed E-state index contributed by atoms with van der Waals surface area (Å²) in [6.45, 7) is 1.95. The van der Waals surface area contributed by atoms with Crippen molar-refractivity contribution in [3.05, 3.63) is 35.4 Å². The van der Waals surface area contributed by atoms with Crippen LogP contribution in [0.5, 0.6) is 0 Å². The highest BCUT2D eigenvalue weighted by Gasteiger charge is 2.77. The minimum absolute atomic E-state index is 0.196. The van der Waals surface area contributed by atoms with Crippen molar-refractivity contribution < 1.29 is 18.7 Å². The van der Waals surface area contributed by atoms with E-state index in [9.17, 15) is 13.6 Å². The zero-order chi connectivity index (χ0) is 12.0. The van der Waals surface area contributed by atoms with Crippen LogP contribution in [0.1, 0.15) is 24.5 Å². The topological polar surface area (TPSA) is 37.3 Å². The van der Waals surface area contributed by atoms with Gasteiger partial charge in [0.05, 0.1) is 0 Å². The Morgan fingerprint density at radius 1 is 1.38 bits per heavy atom. The predicted molar refractivity (Wildman–Crippen MR) is 54.7 cm³/mol. The summed E-state index contributed by atoms with van der Waals surface area (Å²) in [7, 11) is 0. The summed E-state index contributed by atoms with van der Waals surface area (Å²) in [4.78, 5) is 11.0. The molecular weight excluding hydrogens is 214 g/mol. The molecule has 86 valence electrons. The minimum Gasteiger partial charge on any atom is -0.480 e. The molecule has 16 heavy (non-hydrogen) atoms. The Morgan fingerprint density at radius 2 is 1.88 bits per heavy atom. The number of aryl methyl sites for hydroxylation is 1. The lowest BCUT2D eigenvalue weighted by molar-refractivity contribution is -0.142. The molecular formula is C12H12F2O2. The molecule has 1 aliphatic rings. The molecule has 1 aromatic carbocycles. The molecule has 0 aliphatic heterocycles. The zero-order valence-corrected chi connectivity index (χ0v) is 8.84. The predicted octanol–water partition coefficient (Wildman–Crippen LogP) is 2.61. The molecule has 0 bridgehead atoms. The fourth-order valence-electron chi connectivity index (χ4n) is 1.98. The first-order valence-corrected chi connectivity index (χ1v) is 5.14. The summed E-state index contributed by atoms with van der Waals surface area (Å²) in [6, 6.07) is 6.39. The lowest BCUT2D eigenvalue weighted by Crippen LogP contribution is -2.27. The van der Waals surface area contributed by atoms with Gasteiger partial charge in [-0.25, -0.2) is 8.78 Å². The third kappa shape index (κ3) is 1.32. The van der Waals surface area contributed by atoms with Crippen molar-refractivity contribution in [2.75, 3.05) is 0 Å². The third-order valence-corrected chi connectivity index (χ3v) is 3.21. The van der Waals surface area contributed by atoms with Crippen molar-refractivity contribution in [1.29, 1.82) is 0 Å². The number of hydrogen-bond acceptors (Lipinski definition) is 1. The van der Waals surface area contributed by atoms with Crippen LogP contribution in [0.25, 0.3) is 0 Å². The summed E-state index contributed by atoms with van der Waals surface area (Å²) in [6.07, 6.45) is 0.206. The quantitative estimate of drug-likeness (QED) is 0.860. The molecule has 1 unspecified atom stereocenters. The maximum absolute atomic E-state index is 13.2. The number of alkyl halides is 2. The summed E-state index contributed by atoms with van der Waals surface area (Å²) in [5.74, 6) is -4.56. The second kappa shape index (κ2) is 3.27.